The molecule has 0 aromatic carbocycles. The van der Waals surface area contributed by atoms with Crippen LogP contribution in [0.15, 0.2) is 10.8 Å². The summed E-state index contributed by atoms with van der Waals surface area (Å²) in [6, 6.07) is 0. The largest absolute Gasteiger partial charge is 0.152 e. The van der Waals surface area contributed by atoms with Gasteiger partial charge in [-0.3, -0.25) is 0 Å². The van der Waals surface area contributed by atoms with Crippen LogP contribution in [0.2, 0.25) is 0 Å². The highest BCUT2D eigenvalue weighted by Crippen LogP contribution is 2.38. The molecule has 0 unspecified atom stereocenters. The van der Waals surface area contributed by atoms with E-state index in [2.05, 4.69) is 10.8 Å². The van der Waals surface area contributed by atoms with Gasteiger partial charge in [-0.2, -0.15) is 11.3 Å². The molecule has 1 aromatic rings. The number of thiophene rings is 1. The molecule has 3 heteroatoms. The van der Waals surface area contributed by atoms with Crippen molar-refractivity contribution in [1.82, 2.24) is 0 Å². The summed E-state index contributed by atoms with van der Waals surface area (Å²) in [5.74, 6) is 2.42. The second-order valence-electron chi connectivity index (χ2n) is 1.95. The Morgan fingerprint density at radius 1 is 1.00 bits per heavy atom. The summed E-state index contributed by atoms with van der Waals surface area (Å²) in [6.45, 7) is 0. The third kappa shape index (κ3) is 1.14. The molecule has 0 spiro atoms. The maximum Gasteiger partial charge on any atom is 0.0300 e. The predicted octanol–water partition coefficient (Wildman–Crippen LogP) is 3.14. The van der Waals surface area contributed by atoms with E-state index in [0.29, 0.717) is 0 Å². The molecule has 0 radical (unpaired) electrons. The normalized spacial score (nSPS) is 17.3. The van der Waals surface area contributed by atoms with Gasteiger partial charge in [0.15, 0.2) is 0 Å². The molecule has 0 atom stereocenters. The monoisotopic (exact) mass is 174 g/mol. The second kappa shape index (κ2) is 2.56. The molecule has 1 aliphatic heterocycles. The van der Waals surface area contributed by atoms with Crippen LogP contribution in [0.3, 0.4) is 0 Å². The van der Waals surface area contributed by atoms with Crippen molar-refractivity contribution in [3.63, 3.8) is 0 Å². The van der Waals surface area contributed by atoms with E-state index in [-0.39, 0.29) is 0 Å². The molecule has 0 saturated carbocycles. The topological polar surface area (TPSA) is 0 Å². The van der Waals surface area contributed by atoms with E-state index in [1.165, 1.54) is 11.5 Å². The molecule has 9 heavy (non-hydrogen) atoms. The first-order valence-corrected chi connectivity index (χ1v) is 6.18. The highest BCUT2D eigenvalue weighted by atomic mass is 33.1. The van der Waals surface area contributed by atoms with Gasteiger partial charge in [0.1, 0.15) is 0 Å². The molecule has 2 heterocycles. The first-order chi connectivity index (χ1) is 4.47. The highest BCUT2D eigenvalue weighted by molar-refractivity contribution is 8.76. The summed E-state index contributed by atoms with van der Waals surface area (Å²) >= 11 is 1.83. The molecule has 0 nitrogen and oxygen atoms in total. The summed E-state index contributed by atoms with van der Waals surface area (Å²) in [5.41, 5.74) is 3.12. The zero-order valence-electron chi connectivity index (χ0n) is 4.79. The maximum absolute atomic E-state index is 2.27. The Labute approximate surface area is 66.4 Å². The molecule has 0 aliphatic carbocycles. The van der Waals surface area contributed by atoms with E-state index in [1.807, 2.05) is 32.9 Å². The van der Waals surface area contributed by atoms with E-state index < -0.39 is 0 Å². The fourth-order valence-corrected chi connectivity index (χ4v) is 4.11. The maximum atomic E-state index is 2.27. The van der Waals surface area contributed by atoms with Crippen LogP contribution in [0.4, 0.5) is 0 Å². The Balaban J connectivity index is 2.39. The Kier molecular flexibility index (Phi) is 1.75. The van der Waals surface area contributed by atoms with Gasteiger partial charge in [-0.05, 0) is 21.9 Å². The van der Waals surface area contributed by atoms with Gasteiger partial charge >= 0.3 is 0 Å². The average Bonchev–Trinajstić information content (AvgIpc) is 2.33. The highest BCUT2D eigenvalue weighted by Gasteiger charge is 2.08. The van der Waals surface area contributed by atoms with Crippen LogP contribution in [-0.2, 0) is 11.5 Å². The van der Waals surface area contributed by atoms with Crippen molar-refractivity contribution < 1.29 is 0 Å². The van der Waals surface area contributed by atoms with Gasteiger partial charge in [0, 0.05) is 11.5 Å². The first kappa shape index (κ1) is 6.13. The van der Waals surface area contributed by atoms with Gasteiger partial charge < -0.3 is 0 Å². The van der Waals surface area contributed by atoms with Crippen LogP contribution >= 0.6 is 32.9 Å². The van der Waals surface area contributed by atoms with Crippen LogP contribution in [0.5, 0.6) is 0 Å². The molecule has 0 N–H and O–H groups in total. The quantitative estimate of drug-likeness (QED) is 0.554. The van der Waals surface area contributed by atoms with Crippen LogP contribution in [0, 0.1) is 0 Å². The smallest absolute Gasteiger partial charge is 0.0300 e. The third-order valence-electron chi connectivity index (χ3n) is 1.35. The van der Waals surface area contributed by atoms with Crippen LogP contribution in [0.1, 0.15) is 11.1 Å². The molecule has 2 rings (SSSR count). The van der Waals surface area contributed by atoms with Gasteiger partial charge in [-0.25, -0.2) is 0 Å². The molecule has 1 aliphatic rings. The summed E-state index contributed by atoms with van der Waals surface area (Å²) < 4.78 is 0. The number of hydrogen-bond donors (Lipinski definition) is 0. The zero-order chi connectivity index (χ0) is 6.10. The fourth-order valence-electron chi connectivity index (χ4n) is 0.813. The van der Waals surface area contributed by atoms with Gasteiger partial charge in [-0.1, -0.05) is 21.6 Å². The molecule has 0 saturated heterocycles. The summed E-state index contributed by atoms with van der Waals surface area (Å²) in [4.78, 5) is 0. The van der Waals surface area contributed by atoms with Crippen LogP contribution in [-0.4, -0.2) is 0 Å². The zero-order valence-corrected chi connectivity index (χ0v) is 7.24. The van der Waals surface area contributed by atoms with Gasteiger partial charge in [0.05, 0.1) is 0 Å². The van der Waals surface area contributed by atoms with Crippen molar-refractivity contribution >= 4 is 32.9 Å². The predicted molar refractivity (Wildman–Crippen MR) is 46.9 cm³/mol. The molecular formula is C6H6S3. The fraction of sp³-hybridized carbons (Fsp3) is 0.333. The number of rotatable bonds is 0. The first-order valence-electron chi connectivity index (χ1n) is 2.75. The van der Waals surface area contributed by atoms with Crippen molar-refractivity contribution in [1.29, 1.82) is 0 Å². The van der Waals surface area contributed by atoms with Gasteiger partial charge in [-0.15, -0.1) is 0 Å². The molecule has 1 aromatic heterocycles. The lowest BCUT2D eigenvalue weighted by atomic mass is 10.2. The Hall–Kier alpha value is 0.400. The van der Waals surface area contributed by atoms with Crippen molar-refractivity contribution in [2.75, 3.05) is 0 Å². The molecule has 0 bridgehead atoms. The Morgan fingerprint density at radius 3 is 2.11 bits per heavy atom. The molecule has 48 valence electrons. The summed E-state index contributed by atoms with van der Waals surface area (Å²) in [7, 11) is 3.93. The van der Waals surface area contributed by atoms with E-state index in [0.717, 1.165) is 0 Å². The molecule has 0 fully saturated rings. The third-order valence-corrected chi connectivity index (χ3v) is 4.42. The standard InChI is InChI=1S/C6H6S3/c1-5-3-8-9-4-6(5)2-7-1/h1-2H,3-4H2. The second-order valence-corrected chi connectivity index (χ2v) is 5.15. The lowest BCUT2D eigenvalue weighted by Gasteiger charge is -2.07. The van der Waals surface area contributed by atoms with E-state index in [9.17, 15) is 0 Å². The minimum Gasteiger partial charge on any atom is -0.152 e. The summed E-state index contributed by atoms with van der Waals surface area (Å²) in [5, 5.41) is 4.53. The average molecular weight is 174 g/mol. The lowest BCUT2D eigenvalue weighted by Crippen LogP contribution is -1.87. The van der Waals surface area contributed by atoms with Crippen LogP contribution < -0.4 is 0 Å². The summed E-state index contributed by atoms with van der Waals surface area (Å²) in [6.07, 6.45) is 0. The van der Waals surface area contributed by atoms with E-state index in [1.54, 1.807) is 11.1 Å². The SMILES string of the molecule is c1scc2c1CSSC2. The number of fused-ring (bicyclic) bond motifs is 1. The minimum absolute atomic E-state index is 1.21. The van der Waals surface area contributed by atoms with Gasteiger partial charge in [0.25, 0.3) is 0 Å². The van der Waals surface area contributed by atoms with Crippen molar-refractivity contribution in [3.8, 4) is 0 Å². The lowest BCUT2D eigenvalue weighted by molar-refractivity contribution is 1.33. The number of hydrogen-bond acceptors (Lipinski definition) is 3. The van der Waals surface area contributed by atoms with Crippen LogP contribution in [0.25, 0.3) is 0 Å². The Bertz CT molecular complexity index is 183. The Morgan fingerprint density at radius 2 is 1.56 bits per heavy atom. The van der Waals surface area contributed by atoms with E-state index in [4.69, 9.17) is 0 Å². The van der Waals surface area contributed by atoms with Crippen molar-refractivity contribution in [2.24, 2.45) is 0 Å². The van der Waals surface area contributed by atoms with E-state index >= 15 is 0 Å². The molecular weight excluding hydrogens is 168 g/mol. The van der Waals surface area contributed by atoms with Gasteiger partial charge in [0.2, 0.25) is 0 Å². The van der Waals surface area contributed by atoms with Crippen molar-refractivity contribution in [3.05, 3.63) is 21.9 Å². The minimum atomic E-state index is 1.21. The molecule has 0 amide bonds. The van der Waals surface area contributed by atoms with Crippen molar-refractivity contribution in [2.45, 2.75) is 11.5 Å².